The van der Waals surface area contributed by atoms with Crippen molar-refractivity contribution in [2.45, 2.75) is 46.1 Å². The zero-order valence-corrected chi connectivity index (χ0v) is 26.3. The highest BCUT2D eigenvalue weighted by atomic mass is 79.9. The van der Waals surface area contributed by atoms with Crippen LogP contribution in [0, 0.1) is 6.92 Å². The second kappa shape index (κ2) is 14.9. The summed E-state index contributed by atoms with van der Waals surface area (Å²) in [7, 11) is 1.40. The number of benzene rings is 3. The molecule has 42 heavy (non-hydrogen) atoms. The molecule has 0 bridgehead atoms. The number of aryl methyl sites for hydroxylation is 1. The zero-order chi connectivity index (χ0) is 29.5. The quantitative estimate of drug-likeness (QED) is 0.232. The molecule has 0 atom stereocenters. The lowest BCUT2D eigenvalue weighted by molar-refractivity contribution is -0.120. The van der Waals surface area contributed by atoms with Gasteiger partial charge < -0.3 is 20.1 Å². The minimum absolute atomic E-state index is 0. The molecule has 224 valence electrons. The van der Waals surface area contributed by atoms with Crippen LogP contribution in [0.4, 0.5) is 17.1 Å². The van der Waals surface area contributed by atoms with Gasteiger partial charge in [-0.3, -0.25) is 20.0 Å². The molecule has 1 aliphatic heterocycles. The fourth-order valence-electron chi connectivity index (χ4n) is 4.97. The molecular weight excluding hydrogens is 624 g/mol. The van der Waals surface area contributed by atoms with E-state index >= 15 is 0 Å². The minimum Gasteiger partial charge on any atom is -0.496 e. The number of nitrogens with zero attached hydrogens (tertiary/aromatic N) is 2. The predicted octanol–water partition coefficient (Wildman–Crippen LogP) is 5.92. The molecule has 9 nitrogen and oxygen atoms in total. The van der Waals surface area contributed by atoms with Gasteiger partial charge in [0.1, 0.15) is 11.3 Å². The summed E-state index contributed by atoms with van der Waals surface area (Å²) in [6.07, 6.45) is 3.41. The largest absolute Gasteiger partial charge is 0.496 e. The third-order valence-electron chi connectivity index (χ3n) is 7.06. The lowest BCUT2D eigenvalue weighted by Crippen LogP contribution is -2.41. The third kappa shape index (κ3) is 7.95. The molecule has 1 aliphatic rings. The van der Waals surface area contributed by atoms with Gasteiger partial charge in [-0.1, -0.05) is 40.2 Å². The molecule has 4 rings (SSSR count). The molecule has 3 N–H and O–H groups in total. The second-order valence-corrected chi connectivity index (χ2v) is 10.9. The van der Waals surface area contributed by atoms with Crippen LogP contribution >= 0.6 is 28.3 Å². The van der Waals surface area contributed by atoms with E-state index in [2.05, 4.69) is 37.6 Å². The summed E-state index contributed by atoms with van der Waals surface area (Å²) in [5, 5.41) is 14.1. The zero-order valence-electron chi connectivity index (χ0n) is 23.9. The first-order valence-electron chi connectivity index (χ1n) is 13.5. The Labute approximate surface area is 260 Å². The van der Waals surface area contributed by atoms with Gasteiger partial charge in [-0.25, -0.2) is 4.79 Å². The van der Waals surface area contributed by atoms with Crippen molar-refractivity contribution >= 4 is 63.2 Å². The summed E-state index contributed by atoms with van der Waals surface area (Å²) in [5.74, 6) is -1.32. The highest BCUT2D eigenvalue weighted by Crippen LogP contribution is 2.38. The average molecular weight is 660 g/mol. The maximum absolute atomic E-state index is 13.6. The van der Waals surface area contributed by atoms with E-state index in [9.17, 15) is 19.5 Å². The van der Waals surface area contributed by atoms with Crippen LogP contribution in [-0.2, 0) is 22.6 Å². The number of carboxylic acids is 1. The van der Waals surface area contributed by atoms with Crippen LogP contribution in [0.5, 0.6) is 5.75 Å². The number of aromatic carboxylic acids is 1. The van der Waals surface area contributed by atoms with E-state index < -0.39 is 5.97 Å². The predicted molar refractivity (Wildman–Crippen MR) is 170 cm³/mol. The van der Waals surface area contributed by atoms with E-state index in [1.807, 2.05) is 48.3 Å². The number of hydrazine groups is 1. The van der Waals surface area contributed by atoms with Gasteiger partial charge in [-0.15, -0.1) is 12.4 Å². The van der Waals surface area contributed by atoms with Crippen molar-refractivity contribution in [3.05, 3.63) is 81.3 Å². The lowest BCUT2D eigenvalue weighted by atomic mass is 10.1. The number of piperidine rings is 1. The van der Waals surface area contributed by atoms with Gasteiger partial charge in [0.15, 0.2) is 0 Å². The van der Waals surface area contributed by atoms with E-state index in [1.54, 1.807) is 6.07 Å². The van der Waals surface area contributed by atoms with Crippen LogP contribution in [0.2, 0.25) is 0 Å². The molecule has 0 aliphatic carbocycles. The third-order valence-corrected chi connectivity index (χ3v) is 7.80. The number of halogens is 2. The Hall–Kier alpha value is -3.76. The average Bonchev–Trinajstić information content (AvgIpc) is 2.96. The summed E-state index contributed by atoms with van der Waals surface area (Å²) in [5.41, 5.74) is 8.34. The van der Waals surface area contributed by atoms with E-state index in [0.717, 1.165) is 54.1 Å². The highest BCUT2D eigenvalue weighted by Gasteiger charge is 2.24. The maximum atomic E-state index is 13.6. The molecule has 0 unspecified atom stereocenters. The van der Waals surface area contributed by atoms with Crippen molar-refractivity contribution in [3.8, 4) is 5.75 Å². The van der Waals surface area contributed by atoms with Crippen LogP contribution in [0.15, 0.2) is 59.1 Å². The number of rotatable bonds is 10. The first kappa shape index (κ1) is 32.8. The molecule has 1 fully saturated rings. The van der Waals surface area contributed by atoms with Gasteiger partial charge in [0.25, 0.3) is 0 Å². The Balaban J connectivity index is 0.00000484. The van der Waals surface area contributed by atoms with Crippen molar-refractivity contribution in [2.75, 3.05) is 30.1 Å². The van der Waals surface area contributed by atoms with Gasteiger partial charge >= 0.3 is 5.97 Å². The smallest absolute Gasteiger partial charge is 0.339 e. The molecular formula is C31H36BrClN4O5. The second-order valence-electron chi connectivity index (χ2n) is 10.1. The fraction of sp³-hybridized carbons (Fsp3) is 0.323. The number of methoxy groups -OCH3 is 1. The van der Waals surface area contributed by atoms with Crippen molar-refractivity contribution in [1.29, 1.82) is 0 Å². The summed E-state index contributed by atoms with van der Waals surface area (Å²) < 4.78 is 5.78. The number of anilines is 3. The fourth-order valence-corrected chi connectivity index (χ4v) is 5.45. The Bertz CT molecular complexity index is 1430. The van der Waals surface area contributed by atoms with E-state index in [1.165, 1.54) is 26.5 Å². The minimum atomic E-state index is -1.11. The number of carbonyl (C=O) groups excluding carboxylic acids is 2. The summed E-state index contributed by atoms with van der Waals surface area (Å²) in [6.45, 7) is 5.80. The molecule has 3 aromatic rings. The molecule has 2 amide bonds. The molecule has 1 heterocycles. The number of carboxylic acid groups (broad SMARTS) is 1. The van der Waals surface area contributed by atoms with Crippen molar-refractivity contribution < 1.29 is 24.2 Å². The highest BCUT2D eigenvalue weighted by molar-refractivity contribution is 9.10. The number of amides is 2. The number of para-hydroxylation sites is 1. The summed E-state index contributed by atoms with van der Waals surface area (Å²) >= 11 is 3.42. The van der Waals surface area contributed by atoms with E-state index in [0.29, 0.717) is 16.6 Å². The number of hydrogen-bond donors (Lipinski definition) is 3. The Kier molecular flexibility index (Phi) is 11.6. The van der Waals surface area contributed by atoms with Crippen molar-refractivity contribution in [1.82, 2.24) is 10.7 Å². The lowest BCUT2D eigenvalue weighted by Gasteiger charge is -2.35. The van der Waals surface area contributed by atoms with Gasteiger partial charge in [-0.2, -0.15) is 0 Å². The van der Waals surface area contributed by atoms with Crippen LogP contribution in [-0.4, -0.2) is 43.1 Å². The summed E-state index contributed by atoms with van der Waals surface area (Å²) in [4.78, 5) is 38.9. The summed E-state index contributed by atoms with van der Waals surface area (Å²) in [6, 6.07) is 16.9. The molecule has 0 saturated carbocycles. The SMILES string of the molecule is COc1cc(CC(=O)NN(c2ccc(CNC(C)=O)cc2)c2c(C)cccc2N2CCCCC2)c(Br)cc1C(=O)O.Cl. The van der Waals surface area contributed by atoms with Crippen LogP contribution < -0.4 is 25.4 Å². The van der Waals surface area contributed by atoms with Crippen molar-refractivity contribution in [2.24, 2.45) is 0 Å². The normalized spacial score (nSPS) is 12.6. The number of ether oxygens (including phenoxy) is 1. The van der Waals surface area contributed by atoms with E-state index in [4.69, 9.17) is 4.74 Å². The van der Waals surface area contributed by atoms with Crippen LogP contribution in [0.25, 0.3) is 0 Å². The Morgan fingerprint density at radius 3 is 2.36 bits per heavy atom. The topological polar surface area (TPSA) is 111 Å². The molecule has 0 radical (unpaired) electrons. The molecule has 0 aromatic heterocycles. The molecule has 0 spiro atoms. The van der Waals surface area contributed by atoms with Gasteiger partial charge in [-0.05, 0) is 73.2 Å². The number of hydrogen-bond acceptors (Lipinski definition) is 6. The molecule has 3 aromatic carbocycles. The Morgan fingerprint density at radius 2 is 1.74 bits per heavy atom. The van der Waals surface area contributed by atoms with Gasteiger partial charge in [0, 0.05) is 31.0 Å². The maximum Gasteiger partial charge on any atom is 0.339 e. The Morgan fingerprint density at radius 1 is 1.05 bits per heavy atom. The standard InChI is InChI=1S/C31H35BrN4O5.ClH/c1-20-8-7-9-27(35-14-5-4-6-15-35)30(20)36(24-12-10-22(11-13-24)19-33-21(2)37)34-29(38)17-23-16-28(41-3)25(31(39)40)18-26(23)32;/h7-13,16,18H,4-6,14-15,17,19H2,1-3H3,(H,33,37)(H,34,38)(H,39,40);1H. The molecule has 1 saturated heterocycles. The van der Waals surface area contributed by atoms with Crippen LogP contribution in [0.3, 0.4) is 0 Å². The first-order chi connectivity index (χ1) is 19.7. The molecule has 11 heteroatoms. The monoisotopic (exact) mass is 658 g/mol. The van der Waals surface area contributed by atoms with Crippen molar-refractivity contribution in [3.63, 3.8) is 0 Å². The van der Waals surface area contributed by atoms with Gasteiger partial charge in [0.2, 0.25) is 11.8 Å². The number of carbonyl (C=O) groups is 3. The number of nitrogens with one attached hydrogen (secondary N) is 2. The van der Waals surface area contributed by atoms with E-state index in [-0.39, 0.29) is 42.0 Å². The van der Waals surface area contributed by atoms with Gasteiger partial charge in [0.05, 0.1) is 30.6 Å². The van der Waals surface area contributed by atoms with Crippen LogP contribution in [0.1, 0.15) is 53.2 Å². The first-order valence-corrected chi connectivity index (χ1v) is 14.3.